The summed E-state index contributed by atoms with van der Waals surface area (Å²) in [6.07, 6.45) is 3.63. The standard InChI is InChI=1S/C12H14BrFN4/c1-17-4-3-16-12(17)7-18(2)11-5-8(13)9(14)6-10(11)15/h3-6H,7,15H2,1-2H3. The molecule has 2 N–H and O–H groups in total. The number of hydrogen-bond acceptors (Lipinski definition) is 3. The second-order valence-corrected chi connectivity index (χ2v) is 4.99. The Kier molecular flexibility index (Phi) is 3.56. The van der Waals surface area contributed by atoms with Crippen molar-refractivity contribution in [3.05, 3.63) is 40.6 Å². The summed E-state index contributed by atoms with van der Waals surface area (Å²) in [5, 5.41) is 0. The van der Waals surface area contributed by atoms with Gasteiger partial charge in [-0.2, -0.15) is 0 Å². The molecule has 0 aliphatic heterocycles. The second-order valence-electron chi connectivity index (χ2n) is 4.14. The van der Waals surface area contributed by atoms with Crippen molar-refractivity contribution >= 4 is 27.3 Å². The summed E-state index contributed by atoms with van der Waals surface area (Å²) in [6, 6.07) is 2.99. The Labute approximate surface area is 113 Å². The fourth-order valence-electron chi connectivity index (χ4n) is 1.73. The third-order valence-electron chi connectivity index (χ3n) is 2.78. The van der Waals surface area contributed by atoms with Crippen molar-refractivity contribution in [2.24, 2.45) is 7.05 Å². The van der Waals surface area contributed by atoms with Crippen LogP contribution in [0.25, 0.3) is 0 Å². The number of aryl methyl sites for hydroxylation is 1. The van der Waals surface area contributed by atoms with Crippen LogP contribution < -0.4 is 10.6 Å². The van der Waals surface area contributed by atoms with E-state index in [0.29, 0.717) is 16.7 Å². The molecule has 2 rings (SSSR count). The zero-order valence-electron chi connectivity index (χ0n) is 10.2. The van der Waals surface area contributed by atoms with Gasteiger partial charge in [0.15, 0.2) is 0 Å². The monoisotopic (exact) mass is 312 g/mol. The van der Waals surface area contributed by atoms with Gasteiger partial charge in [0.2, 0.25) is 0 Å². The molecule has 4 nitrogen and oxygen atoms in total. The molecular weight excluding hydrogens is 299 g/mol. The highest BCUT2D eigenvalue weighted by atomic mass is 79.9. The fourth-order valence-corrected chi connectivity index (χ4v) is 2.06. The average Bonchev–Trinajstić information content (AvgIpc) is 2.69. The summed E-state index contributed by atoms with van der Waals surface area (Å²) >= 11 is 3.16. The maximum Gasteiger partial charge on any atom is 0.139 e. The molecule has 1 heterocycles. The molecule has 0 amide bonds. The molecule has 0 fully saturated rings. The number of nitrogen functional groups attached to an aromatic ring is 1. The molecule has 0 aliphatic carbocycles. The Balaban J connectivity index is 2.26. The van der Waals surface area contributed by atoms with E-state index in [1.165, 1.54) is 6.07 Å². The minimum Gasteiger partial charge on any atom is -0.397 e. The molecule has 0 unspecified atom stereocenters. The van der Waals surface area contributed by atoms with Crippen LogP contribution in [0, 0.1) is 5.82 Å². The number of aromatic nitrogens is 2. The van der Waals surface area contributed by atoms with E-state index in [0.717, 1.165) is 11.5 Å². The van der Waals surface area contributed by atoms with Crippen molar-refractivity contribution in [1.82, 2.24) is 9.55 Å². The number of rotatable bonds is 3. The van der Waals surface area contributed by atoms with Crippen molar-refractivity contribution in [2.75, 3.05) is 17.7 Å². The lowest BCUT2D eigenvalue weighted by Crippen LogP contribution is -2.20. The van der Waals surface area contributed by atoms with Gasteiger partial charge < -0.3 is 15.2 Å². The van der Waals surface area contributed by atoms with Gasteiger partial charge in [-0.15, -0.1) is 0 Å². The second kappa shape index (κ2) is 4.97. The van der Waals surface area contributed by atoms with Crippen LogP contribution in [0.3, 0.4) is 0 Å². The highest BCUT2D eigenvalue weighted by Gasteiger charge is 2.11. The molecule has 0 saturated carbocycles. The molecule has 2 aromatic rings. The molecule has 0 atom stereocenters. The van der Waals surface area contributed by atoms with Gasteiger partial charge in [0, 0.05) is 32.6 Å². The Morgan fingerprint density at radius 2 is 2.22 bits per heavy atom. The summed E-state index contributed by atoms with van der Waals surface area (Å²) in [5.41, 5.74) is 7.01. The normalized spacial score (nSPS) is 10.7. The van der Waals surface area contributed by atoms with Crippen LogP contribution in [0.1, 0.15) is 5.82 Å². The smallest absolute Gasteiger partial charge is 0.139 e. The molecule has 0 spiro atoms. The predicted octanol–water partition coefficient (Wildman–Crippen LogP) is 2.54. The highest BCUT2D eigenvalue weighted by molar-refractivity contribution is 9.10. The first-order valence-electron chi connectivity index (χ1n) is 5.41. The van der Waals surface area contributed by atoms with E-state index in [2.05, 4.69) is 20.9 Å². The van der Waals surface area contributed by atoms with Gasteiger partial charge in [-0.25, -0.2) is 9.37 Å². The minimum absolute atomic E-state index is 0.360. The third kappa shape index (κ3) is 2.48. The van der Waals surface area contributed by atoms with Crippen LogP contribution in [0.5, 0.6) is 0 Å². The Bertz CT molecular complexity index is 567. The van der Waals surface area contributed by atoms with Crippen LogP contribution in [0.2, 0.25) is 0 Å². The summed E-state index contributed by atoms with van der Waals surface area (Å²) < 4.78 is 15.6. The number of anilines is 2. The first kappa shape index (κ1) is 12.9. The lowest BCUT2D eigenvalue weighted by Gasteiger charge is -2.21. The van der Waals surface area contributed by atoms with Gasteiger partial charge in [-0.05, 0) is 22.0 Å². The fraction of sp³-hybridized carbons (Fsp3) is 0.250. The molecule has 18 heavy (non-hydrogen) atoms. The SMILES string of the molecule is CN(Cc1nccn1C)c1cc(Br)c(F)cc1N. The summed E-state index contributed by atoms with van der Waals surface area (Å²) in [6.45, 7) is 0.603. The van der Waals surface area contributed by atoms with Gasteiger partial charge in [0.1, 0.15) is 11.6 Å². The zero-order valence-corrected chi connectivity index (χ0v) is 11.8. The van der Waals surface area contributed by atoms with Crippen molar-refractivity contribution in [1.29, 1.82) is 0 Å². The molecule has 1 aromatic heterocycles. The molecule has 0 aliphatic rings. The largest absolute Gasteiger partial charge is 0.397 e. The molecule has 0 saturated heterocycles. The summed E-state index contributed by atoms with van der Waals surface area (Å²) in [7, 11) is 3.82. The van der Waals surface area contributed by atoms with E-state index < -0.39 is 0 Å². The molecule has 0 bridgehead atoms. The van der Waals surface area contributed by atoms with Crippen molar-refractivity contribution in [2.45, 2.75) is 6.54 Å². The Morgan fingerprint density at radius 3 is 2.83 bits per heavy atom. The molecular formula is C12H14BrFN4. The maximum atomic E-state index is 13.3. The van der Waals surface area contributed by atoms with Gasteiger partial charge >= 0.3 is 0 Å². The first-order valence-corrected chi connectivity index (χ1v) is 6.20. The maximum absolute atomic E-state index is 13.3. The van der Waals surface area contributed by atoms with Gasteiger partial charge in [-0.1, -0.05) is 0 Å². The Morgan fingerprint density at radius 1 is 1.50 bits per heavy atom. The van der Waals surface area contributed by atoms with E-state index >= 15 is 0 Å². The molecule has 6 heteroatoms. The van der Waals surface area contributed by atoms with Crippen molar-refractivity contribution in [3.8, 4) is 0 Å². The first-order chi connectivity index (χ1) is 8.49. The molecule has 0 radical (unpaired) electrons. The number of nitrogens with zero attached hydrogens (tertiary/aromatic N) is 3. The quantitative estimate of drug-likeness (QED) is 0.886. The lowest BCUT2D eigenvalue weighted by atomic mass is 10.2. The van der Waals surface area contributed by atoms with Crippen molar-refractivity contribution < 1.29 is 4.39 Å². The lowest BCUT2D eigenvalue weighted by molar-refractivity contribution is 0.621. The topological polar surface area (TPSA) is 47.1 Å². The van der Waals surface area contributed by atoms with E-state index in [1.807, 2.05) is 29.8 Å². The number of hydrogen-bond donors (Lipinski definition) is 1. The minimum atomic E-state index is -0.360. The van der Waals surface area contributed by atoms with Crippen LogP contribution in [0.15, 0.2) is 29.0 Å². The molecule has 1 aromatic carbocycles. The summed E-state index contributed by atoms with van der Waals surface area (Å²) in [4.78, 5) is 6.18. The van der Waals surface area contributed by atoms with E-state index in [-0.39, 0.29) is 5.82 Å². The van der Waals surface area contributed by atoms with E-state index in [4.69, 9.17) is 5.73 Å². The van der Waals surface area contributed by atoms with E-state index in [9.17, 15) is 4.39 Å². The van der Waals surface area contributed by atoms with E-state index in [1.54, 1.807) is 12.3 Å². The number of imidazole rings is 1. The van der Waals surface area contributed by atoms with Gasteiger partial charge in [0.05, 0.1) is 22.4 Å². The Hall–Kier alpha value is -1.56. The van der Waals surface area contributed by atoms with Gasteiger partial charge in [-0.3, -0.25) is 0 Å². The van der Waals surface area contributed by atoms with Crippen LogP contribution in [-0.2, 0) is 13.6 Å². The number of benzene rings is 1. The zero-order chi connectivity index (χ0) is 13.3. The third-order valence-corrected chi connectivity index (χ3v) is 3.39. The average molecular weight is 313 g/mol. The van der Waals surface area contributed by atoms with Gasteiger partial charge in [0.25, 0.3) is 0 Å². The van der Waals surface area contributed by atoms with Crippen molar-refractivity contribution in [3.63, 3.8) is 0 Å². The number of halogens is 2. The highest BCUT2D eigenvalue weighted by Crippen LogP contribution is 2.29. The van der Waals surface area contributed by atoms with Crippen LogP contribution in [0.4, 0.5) is 15.8 Å². The van der Waals surface area contributed by atoms with Crippen LogP contribution >= 0.6 is 15.9 Å². The van der Waals surface area contributed by atoms with Crippen LogP contribution in [-0.4, -0.2) is 16.6 Å². The number of nitrogens with two attached hydrogens (primary N) is 1. The summed E-state index contributed by atoms with van der Waals surface area (Å²) in [5.74, 6) is 0.555. The molecule has 96 valence electrons. The predicted molar refractivity (Wildman–Crippen MR) is 73.8 cm³/mol.